The summed E-state index contributed by atoms with van der Waals surface area (Å²) in [5.74, 6) is 0. The lowest BCUT2D eigenvalue weighted by atomic mass is 10.1. The Labute approximate surface area is 88.0 Å². The van der Waals surface area contributed by atoms with Crippen LogP contribution in [0.25, 0.3) is 5.57 Å². The predicted octanol–water partition coefficient (Wildman–Crippen LogP) is 4.61. The average molecular weight is 188 g/mol. The number of aryl methyl sites for hydroxylation is 1. The van der Waals surface area contributed by atoms with Gasteiger partial charge in [-0.2, -0.15) is 0 Å². The van der Waals surface area contributed by atoms with Crippen molar-refractivity contribution in [3.63, 3.8) is 0 Å². The van der Waals surface area contributed by atoms with Gasteiger partial charge in [-0.3, -0.25) is 0 Å². The highest BCUT2D eigenvalue weighted by Gasteiger charge is 1.92. The van der Waals surface area contributed by atoms with Crippen LogP contribution in [0.15, 0.2) is 43.0 Å². The van der Waals surface area contributed by atoms with Crippen molar-refractivity contribution in [2.75, 3.05) is 0 Å². The Morgan fingerprint density at radius 1 is 1.14 bits per heavy atom. The maximum absolute atomic E-state index is 3.96. The van der Waals surface area contributed by atoms with E-state index in [1.165, 1.54) is 11.1 Å². The van der Waals surface area contributed by atoms with Crippen molar-refractivity contribution in [2.45, 2.75) is 27.7 Å². The summed E-state index contributed by atoms with van der Waals surface area (Å²) in [5.41, 5.74) is 3.54. The molecule has 76 valence electrons. The number of allylic oxidation sites excluding steroid dienone is 3. The van der Waals surface area contributed by atoms with Crippen molar-refractivity contribution in [3.8, 4) is 0 Å². The van der Waals surface area contributed by atoms with E-state index in [1.807, 2.05) is 32.9 Å². The lowest BCUT2D eigenvalue weighted by molar-refractivity contribution is 1.46. The maximum atomic E-state index is 3.96. The molecule has 0 radical (unpaired) electrons. The summed E-state index contributed by atoms with van der Waals surface area (Å²) in [6.45, 7) is 12.0. The fraction of sp³-hybridized carbons (Fsp3) is 0.286. The van der Waals surface area contributed by atoms with Crippen molar-refractivity contribution in [3.05, 3.63) is 54.1 Å². The summed E-state index contributed by atoms with van der Waals surface area (Å²) in [5, 5.41) is 0. The fourth-order valence-corrected chi connectivity index (χ4v) is 1.07. The van der Waals surface area contributed by atoms with Crippen molar-refractivity contribution >= 4 is 5.57 Å². The molecule has 1 aromatic rings. The van der Waals surface area contributed by atoms with Crippen molar-refractivity contribution in [1.82, 2.24) is 0 Å². The van der Waals surface area contributed by atoms with Crippen LogP contribution in [-0.4, -0.2) is 0 Å². The molecule has 0 aliphatic carbocycles. The molecule has 14 heavy (non-hydrogen) atoms. The largest absolute Gasteiger partial charge is 0.0912 e. The van der Waals surface area contributed by atoms with E-state index in [0.717, 1.165) is 5.57 Å². The van der Waals surface area contributed by atoms with Gasteiger partial charge in [-0.1, -0.05) is 62.4 Å². The van der Waals surface area contributed by atoms with Gasteiger partial charge in [0.1, 0.15) is 0 Å². The molecular formula is C14H20. The summed E-state index contributed by atoms with van der Waals surface area (Å²) >= 11 is 0. The van der Waals surface area contributed by atoms with E-state index < -0.39 is 0 Å². The molecule has 0 bridgehead atoms. The third kappa shape index (κ3) is 4.08. The number of hydrogen-bond donors (Lipinski definition) is 0. The van der Waals surface area contributed by atoms with Gasteiger partial charge in [-0.15, -0.1) is 0 Å². The van der Waals surface area contributed by atoms with E-state index in [-0.39, 0.29) is 0 Å². The highest BCUT2D eigenvalue weighted by Crippen LogP contribution is 2.13. The molecule has 0 heteroatoms. The lowest BCUT2D eigenvalue weighted by Gasteiger charge is -1.99. The quantitative estimate of drug-likeness (QED) is 0.594. The molecule has 0 N–H and O–H groups in total. The molecule has 0 fully saturated rings. The molecule has 0 aliphatic heterocycles. The molecule has 0 aliphatic rings. The first-order valence-electron chi connectivity index (χ1n) is 5.12. The van der Waals surface area contributed by atoms with Gasteiger partial charge in [0.15, 0.2) is 0 Å². The molecule has 0 heterocycles. The normalized spacial score (nSPS) is 9.43. The summed E-state index contributed by atoms with van der Waals surface area (Å²) in [7, 11) is 0. The van der Waals surface area contributed by atoms with Gasteiger partial charge in [-0.05, 0) is 25.0 Å². The van der Waals surface area contributed by atoms with E-state index in [0.29, 0.717) is 0 Å². The molecule has 0 aromatic heterocycles. The van der Waals surface area contributed by atoms with Gasteiger partial charge in [0.2, 0.25) is 0 Å². The summed E-state index contributed by atoms with van der Waals surface area (Å²) in [4.78, 5) is 0. The number of hydrogen-bond acceptors (Lipinski definition) is 0. The van der Waals surface area contributed by atoms with Gasteiger partial charge in [0, 0.05) is 0 Å². The van der Waals surface area contributed by atoms with Crippen LogP contribution in [0.5, 0.6) is 0 Å². The minimum atomic E-state index is 1.07. The highest BCUT2D eigenvalue weighted by molar-refractivity contribution is 5.71. The summed E-state index contributed by atoms with van der Waals surface area (Å²) < 4.78 is 0. The van der Waals surface area contributed by atoms with Gasteiger partial charge < -0.3 is 0 Å². The first kappa shape index (κ1) is 12.7. The van der Waals surface area contributed by atoms with Crippen LogP contribution in [-0.2, 0) is 0 Å². The Hall–Kier alpha value is -1.30. The standard InChI is InChI=1S/C12H14.C2H6/c1-4-5-11(3)12-8-6-10(2)7-9-12;1-2/h4-9H,3H2,1-2H3;1-2H3/b5-4-;. The first-order valence-corrected chi connectivity index (χ1v) is 5.12. The van der Waals surface area contributed by atoms with Crippen LogP contribution < -0.4 is 0 Å². The molecule has 0 saturated heterocycles. The Balaban J connectivity index is 0.000000791. The molecule has 0 atom stereocenters. The van der Waals surface area contributed by atoms with Crippen molar-refractivity contribution in [2.24, 2.45) is 0 Å². The van der Waals surface area contributed by atoms with E-state index >= 15 is 0 Å². The second-order valence-corrected chi connectivity index (χ2v) is 2.89. The van der Waals surface area contributed by atoms with E-state index in [1.54, 1.807) is 0 Å². The van der Waals surface area contributed by atoms with Gasteiger partial charge in [-0.25, -0.2) is 0 Å². The average Bonchev–Trinajstić information content (AvgIpc) is 2.22. The van der Waals surface area contributed by atoms with Crippen molar-refractivity contribution in [1.29, 1.82) is 0 Å². The minimum Gasteiger partial charge on any atom is -0.0912 e. The minimum absolute atomic E-state index is 1.07. The van der Waals surface area contributed by atoms with Gasteiger partial charge >= 0.3 is 0 Å². The lowest BCUT2D eigenvalue weighted by Crippen LogP contribution is -1.78. The third-order valence-electron chi connectivity index (χ3n) is 1.79. The molecule has 1 rings (SSSR count). The molecular weight excluding hydrogens is 168 g/mol. The first-order chi connectivity index (χ1) is 6.74. The summed E-state index contributed by atoms with van der Waals surface area (Å²) in [6, 6.07) is 8.39. The maximum Gasteiger partial charge on any atom is -0.0190 e. The molecule has 0 spiro atoms. The SMILES string of the molecule is C=C(/C=C\C)c1ccc(C)cc1.CC. The zero-order chi connectivity index (χ0) is 11.0. The van der Waals surface area contributed by atoms with Crippen LogP contribution in [0.4, 0.5) is 0 Å². The second-order valence-electron chi connectivity index (χ2n) is 2.89. The zero-order valence-electron chi connectivity index (χ0n) is 9.67. The second kappa shape index (κ2) is 7.14. The highest BCUT2D eigenvalue weighted by atomic mass is 14.0. The third-order valence-corrected chi connectivity index (χ3v) is 1.79. The van der Waals surface area contributed by atoms with Crippen LogP contribution in [0, 0.1) is 6.92 Å². The van der Waals surface area contributed by atoms with Gasteiger partial charge in [0.25, 0.3) is 0 Å². The monoisotopic (exact) mass is 188 g/mol. The van der Waals surface area contributed by atoms with E-state index in [2.05, 4.69) is 37.8 Å². The molecule has 1 aromatic carbocycles. The Kier molecular flexibility index (Phi) is 6.47. The zero-order valence-corrected chi connectivity index (χ0v) is 9.67. The Morgan fingerprint density at radius 3 is 2.07 bits per heavy atom. The Morgan fingerprint density at radius 2 is 1.64 bits per heavy atom. The summed E-state index contributed by atoms with van der Waals surface area (Å²) in [6.07, 6.45) is 4.02. The topological polar surface area (TPSA) is 0 Å². The Bertz CT molecular complexity index is 288. The number of benzene rings is 1. The molecule has 0 amide bonds. The van der Waals surface area contributed by atoms with Crippen LogP contribution >= 0.6 is 0 Å². The van der Waals surface area contributed by atoms with Crippen LogP contribution in [0.3, 0.4) is 0 Å². The van der Waals surface area contributed by atoms with Crippen LogP contribution in [0.1, 0.15) is 31.9 Å². The van der Waals surface area contributed by atoms with E-state index in [4.69, 9.17) is 0 Å². The smallest absolute Gasteiger partial charge is 0.0190 e. The predicted molar refractivity (Wildman–Crippen MR) is 66.4 cm³/mol. The fourth-order valence-electron chi connectivity index (χ4n) is 1.07. The van der Waals surface area contributed by atoms with E-state index in [9.17, 15) is 0 Å². The molecule has 0 unspecified atom stereocenters. The van der Waals surface area contributed by atoms with Gasteiger partial charge in [0.05, 0.1) is 0 Å². The molecule has 0 saturated carbocycles. The number of rotatable bonds is 2. The van der Waals surface area contributed by atoms with Crippen LogP contribution in [0.2, 0.25) is 0 Å². The molecule has 0 nitrogen and oxygen atoms in total. The van der Waals surface area contributed by atoms with Crippen molar-refractivity contribution < 1.29 is 0 Å².